The summed E-state index contributed by atoms with van der Waals surface area (Å²) in [7, 11) is 1.52. The standard InChI is InChI=1S/C23H23FN4O2/c1-13-7-5-6-8-18(13)27-21-19(11-17(12-26-21)22(29)25-4)28-23(30)16-9-14(2)20(24)15(3)10-16/h5-12H,1-4H3,(H,25,29)(H,26,27)(H,28,30). The molecule has 2 amide bonds. The summed E-state index contributed by atoms with van der Waals surface area (Å²) < 4.78 is 13.9. The minimum Gasteiger partial charge on any atom is -0.355 e. The number of aromatic nitrogens is 1. The predicted molar refractivity (Wildman–Crippen MR) is 116 cm³/mol. The molecule has 2 aromatic carbocycles. The molecule has 3 rings (SSSR count). The van der Waals surface area contributed by atoms with Gasteiger partial charge in [-0.15, -0.1) is 0 Å². The fourth-order valence-electron chi connectivity index (χ4n) is 3.04. The summed E-state index contributed by atoms with van der Waals surface area (Å²) in [5.41, 5.74) is 3.54. The molecule has 0 fully saturated rings. The molecule has 0 radical (unpaired) electrons. The zero-order valence-corrected chi connectivity index (χ0v) is 17.3. The van der Waals surface area contributed by atoms with E-state index in [0.717, 1.165) is 11.3 Å². The van der Waals surface area contributed by atoms with Crippen LogP contribution < -0.4 is 16.0 Å². The van der Waals surface area contributed by atoms with Gasteiger partial charge in [0.05, 0.1) is 11.3 Å². The van der Waals surface area contributed by atoms with Crippen molar-refractivity contribution in [2.75, 3.05) is 17.7 Å². The molecule has 7 heteroatoms. The average molecular weight is 406 g/mol. The largest absolute Gasteiger partial charge is 0.355 e. The van der Waals surface area contributed by atoms with E-state index in [9.17, 15) is 14.0 Å². The number of amides is 2. The zero-order chi connectivity index (χ0) is 21.8. The van der Waals surface area contributed by atoms with Crippen LogP contribution in [0, 0.1) is 26.6 Å². The highest BCUT2D eigenvalue weighted by Crippen LogP contribution is 2.27. The van der Waals surface area contributed by atoms with Gasteiger partial charge < -0.3 is 16.0 Å². The Bertz CT molecular complexity index is 1100. The fraction of sp³-hybridized carbons (Fsp3) is 0.174. The third-order valence-corrected chi connectivity index (χ3v) is 4.72. The normalized spacial score (nSPS) is 10.4. The second-order valence-electron chi connectivity index (χ2n) is 7.02. The molecule has 3 N–H and O–H groups in total. The van der Waals surface area contributed by atoms with Crippen molar-refractivity contribution in [1.29, 1.82) is 0 Å². The molecule has 0 aliphatic rings. The number of nitrogens with one attached hydrogen (secondary N) is 3. The molecular formula is C23H23FN4O2. The van der Waals surface area contributed by atoms with Crippen LogP contribution in [0.15, 0.2) is 48.7 Å². The van der Waals surface area contributed by atoms with E-state index in [1.807, 2.05) is 31.2 Å². The quantitative estimate of drug-likeness (QED) is 0.583. The van der Waals surface area contributed by atoms with E-state index in [0.29, 0.717) is 33.8 Å². The van der Waals surface area contributed by atoms with E-state index >= 15 is 0 Å². The van der Waals surface area contributed by atoms with Crippen molar-refractivity contribution >= 4 is 29.0 Å². The molecule has 0 unspecified atom stereocenters. The number of benzene rings is 2. The molecule has 0 saturated carbocycles. The van der Waals surface area contributed by atoms with Crippen molar-refractivity contribution in [2.24, 2.45) is 0 Å². The highest BCUT2D eigenvalue weighted by Gasteiger charge is 2.16. The van der Waals surface area contributed by atoms with E-state index in [-0.39, 0.29) is 11.7 Å². The van der Waals surface area contributed by atoms with Crippen molar-refractivity contribution in [2.45, 2.75) is 20.8 Å². The van der Waals surface area contributed by atoms with Crippen LogP contribution in [0.4, 0.5) is 21.6 Å². The number of nitrogens with zero attached hydrogens (tertiary/aromatic N) is 1. The van der Waals surface area contributed by atoms with Crippen molar-refractivity contribution in [3.05, 3.63) is 82.3 Å². The van der Waals surface area contributed by atoms with Gasteiger partial charge >= 0.3 is 0 Å². The maximum absolute atomic E-state index is 13.9. The van der Waals surface area contributed by atoms with Crippen molar-refractivity contribution in [3.63, 3.8) is 0 Å². The lowest BCUT2D eigenvalue weighted by Crippen LogP contribution is -2.20. The van der Waals surface area contributed by atoms with Crippen LogP contribution in [0.1, 0.15) is 37.4 Å². The molecule has 1 heterocycles. The second kappa shape index (κ2) is 8.73. The van der Waals surface area contributed by atoms with Gasteiger partial charge in [-0.25, -0.2) is 9.37 Å². The van der Waals surface area contributed by atoms with Crippen molar-refractivity contribution in [1.82, 2.24) is 10.3 Å². The third-order valence-electron chi connectivity index (χ3n) is 4.72. The minimum absolute atomic E-state index is 0.301. The number of carbonyl (C=O) groups excluding carboxylic acids is 2. The Morgan fingerprint density at radius 2 is 1.53 bits per heavy atom. The molecule has 0 bridgehead atoms. The first-order valence-corrected chi connectivity index (χ1v) is 9.43. The Kier molecular flexibility index (Phi) is 6.11. The van der Waals surface area contributed by atoms with E-state index < -0.39 is 5.91 Å². The average Bonchev–Trinajstić information content (AvgIpc) is 2.73. The summed E-state index contributed by atoms with van der Waals surface area (Å²) in [5, 5.41) is 8.53. The van der Waals surface area contributed by atoms with E-state index in [2.05, 4.69) is 20.9 Å². The first kappa shape index (κ1) is 21.0. The summed E-state index contributed by atoms with van der Waals surface area (Å²) in [4.78, 5) is 29.2. The number of hydrogen-bond acceptors (Lipinski definition) is 4. The first-order chi connectivity index (χ1) is 14.3. The minimum atomic E-state index is -0.426. The van der Waals surface area contributed by atoms with E-state index in [1.54, 1.807) is 19.9 Å². The molecule has 3 aromatic rings. The molecule has 154 valence electrons. The number of anilines is 3. The Morgan fingerprint density at radius 1 is 0.867 bits per heavy atom. The molecular weight excluding hydrogens is 383 g/mol. The van der Waals surface area contributed by atoms with Gasteiger partial charge in [0.1, 0.15) is 5.82 Å². The number of halogens is 1. The molecule has 30 heavy (non-hydrogen) atoms. The van der Waals surface area contributed by atoms with Gasteiger partial charge in [0.15, 0.2) is 5.82 Å². The summed E-state index contributed by atoms with van der Waals surface area (Å²) in [6.45, 7) is 5.17. The zero-order valence-electron chi connectivity index (χ0n) is 17.3. The number of rotatable bonds is 5. The number of hydrogen-bond donors (Lipinski definition) is 3. The summed E-state index contributed by atoms with van der Waals surface area (Å²) in [5.74, 6) is -0.698. The number of aryl methyl sites for hydroxylation is 3. The molecule has 0 aliphatic heterocycles. The molecule has 0 spiro atoms. The van der Waals surface area contributed by atoms with Crippen LogP contribution >= 0.6 is 0 Å². The highest BCUT2D eigenvalue weighted by atomic mass is 19.1. The molecule has 0 aliphatic carbocycles. The summed E-state index contributed by atoms with van der Waals surface area (Å²) >= 11 is 0. The molecule has 6 nitrogen and oxygen atoms in total. The Morgan fingerprint density at radius 3 is 2.17 bits per heavy atom. The molecule has 0 atom stereocenters. The third kappa shape index (κ3) is 4.46. The number of carbonyl (C=O) groups is 2. The highest BCUT2D eigenvalue weighted by molar-refractivity contribution is 6.07. The van der Waals surface area contributed by atoms with Gasteiger partial charge in [0.25, 0.3) is 11.8 Å². The summed E-state index contributed by atoms with van der Waals surface area (Å²) in [6.07, 6.45) is 1.43. The van der Waals surface area contributed by atoms with Crippen LogP contribution in [0.25, 0.3) is 0 Å². The number of para-hydroxylation sites is 1. The van der Waals surface area contributed by atoms with Gasteiger partial charge in [-0.1, -0.05) is 18.2 Å². The Labute approximate surface area is 174 Å². The lowest BCUT2D eigenvalue weighted by Gasteiger charge is -2.15. The van der Waals surface area contributed by atoms with Crippen molar-refractivity contribution in [3.8, 4) is 0 Å². The van der Waals surface area contributed by atoms with Crippen LogP contribution in [0.5, 0.6) is 0 Å². The topological polar surface area (TPSA) is 83.1 Å². The molecule has 1 aromatic heterocycles. The van der Waals surface area contributed by atoms with Crippen LogP contribution in [-0.2, 0) is 0 Å². The monoisotopic (exact) mass is 406 g/mol. The smallest absolute Gasteiger partial charge is 0.255 e. The second-order valence-corrected chi connectivity index (χ2v) is 7.02. The maximum Gasteiger partial charge on any atom is 0.255 e. The number of pyridine rings is 1. The van der Waals surface area contributed by atoms with Crippen molar-refractivity contribution < 1.29 is 14.0 Å². The SMILES string of the molecule is CNC(=O)c1cnc(Nc2ccccc2C)c(NC(=O)c2cc(C)c(F)c(C)c2)c1. The first-order valence-electron chi connectivity index (χ1n) is 9.43. The Hall–Kier alpha value is -3.74. The van der Waals surface area contributed by atoms with Gasteiger partial charge in [0.2, 0.25) is 0 Å². The van der Waals surface area contributed by atoms with Gasteiger partial charge in [-0.3, -0.25) is 9.59 Å². The van der Waals surface area contributed by atoms with E-state index in [1.165, 1.54) is 25.4 Å². The summed E-state index contributed by atoms with van der Waals surface area (Å²) in [6, 6.07) is 12.2. The lowest BCUT2D eigenvalue weighted by molar-refractivity contribution is 0.0961. The maximum atomic E-state index is 13.9. The van der Waals surface area contributed by atoms with Crippen LogP contribution in [0.2, 0.25) is 0 Å². The van der Waals surface area contributed by atoms with Gasteiger partial charge in [0, 0.05) is 24.5 Å². The molecule has 0 saturated heterocycles. The predicted octanol–water partition coefficient (Wildman–Crippen LogP) is 4.50. The van der Waals surface area contributed by atoms with Crippen LogP contribution in [-0.4, -0.2) is 23.8 Å². The van der Waals surface area contributed by atoms with Gasteiger partial charge in [-0.2, -0.15) is 0 Å². The van der Waals surface area contributed by atoms with Gasteiger partial charge in [-0.05, 0) is 61.7 Å². The van der Waals surface area contributed by atoms with Crippen LogP contribution in [0.3, 0.4) is 0 Å². The fourth-order valence-corrected chi connectivity index (χ4v) is 3.04. The Balaban J connectivity index is 1.99. The van der Waals surface area contributed by atoms with E-state index in [4.69, 9.17) is 0 Å². The lowest BCUT2D eigenvalue weighted by atomic mass is 10.1.